The Labute approximate surface area is 101 Å². The molecule has 1 atom stereocenters. The van der Waals surface area contributed by atoms with Gasteiger partial charge in [-0.3, -0.25) is 0 Å². The van der Waals surface area contributed by atoms with Crippen LogP contribution in [-0.2, 0) is 6.61 Å². The van der Waals surface area contributed by atoms with Crippen molar-refractivity contribution in [1.29, 1.82) is 0 Å². The fourth-order valence-electron chi connectivity index (χ4n) is 2.48. The van der Waals surface area contributed by atoms with Gasteiger partial charge in [-0.05, 0) is 20.0 Å². The second-order valence-corrected chi connectivity index (χ2v) is 4.71. The molecule has 1 unspecified atom stereocenters. The van der Waals surface area contributed by atoms with Gasteiger partial charge in [-0.15, -0.1) is 0 Å². The molecule has 0 spiro atoms. The summed E-state index contributed by atoms with van der Waals surface area (Å²) in [6.45, 7) is 4.60. The van der Waals surface area contributed by atoms with Gasteiger partial charge in [0, 0.05) is 31.2 Å². The molecule has 4 heteroatoms. The first kappa shape index (κ1) is 12.3. The second kappa shape index (κ2) is 5.02. The highest BCUT2D eigenvalue weighted by Gasteiger charge is 2.25. The summed E-state index contributed by atoms with van der Waals surface area (Å²) in [5.74, 6) is -0.243. The van der Waals surface area contributed by atoms with Crippen LogP contribution in [-0.4, -0.2) is 42.7 Å². The van der Waals surface area contributed by atoms with Gasteiger partial charge in [0.15, 0.2) is 0 Å². The minimum Gasteiger partial charge on any atom is -0.392 e. The first-order chi connectivity index (χ1) is 8.13. The fraction of sp³-hybridized carbons (Fsp3) is 0.538. The van der Waals surface area contributed by atoms with Crippen LogP contribution in [0.1, 0.15) is 12.5 Å². The molecule has 1 aromatic rings. The lowest BCUT2D eigenvalue weighted by molar-refractivity contribution is 0.267. The number of piperazine rings is 1. The fourth-order valence-corrected chi connectivity index (χ4v) is 2.48. The van der Waals surface area contributed by atoms with E-state index in [1.54, 1.807) is 12.1 Å². The molecule has 0 amide bonds. The maximum atomic E-state index is 13.9. The summed E-state index contributed by atoms with van der Waals surface area (Å²) in [6.07, 6.45) is 0. The monoisotopic (exact) mass is 238 g/mol. The number of para-hydroxylation sites is 1. The Bertz CT molecular complexity index is 397. The summed E-state index contributed by atoms with van der Waals surface area (Å²) in [6, 6.07) is 5.14. The molecule has 0 aromatic heterocycles. The number of aliphatic hydroxyl groups excluding tert-OH is 1. The summed E-state index contributed by atoms with van der Waals surface area (Å²) < 4.78 is 13.9. The van der Waals surface area contributed by atoms with Crippen molar-refractivity contribution in [3.63, 3.8) is 0 Å². The van der Waals surface area contributed by atoms with E-state index in [0.717, 1.165) is 19.6 Å². The van der Waals surface area contributed by atoms with Gasteiger partial charge in [0.25, 0.3) is 0 Å². The van der Waals surface area contributed by atoms with Crippen molar-refractivity contribution >= 4 is 5.69 Å². The third kappa shape index (κ3) is 2.42. The van der Waals surface area contributed by atoms with E-state index in [9.17, 15) is 9.50 Å². The average Bonchev–Trinajstić information content (AvgIpc) is 2.30. The van der Waals surface area contributed by atoms with Crippen LogP contribution < -0.4 is 4.90 Å². The molecular weight excluding hydrogens is 219 g/mol. The first-order valence-electron chi connectivity index (χ1n) is 5.97. The van der Waals surface area contributed by atoms with Gasteiger partial charge in [0.1, 0.15) is 5.82 Å². The molecule has 1 aromatic carbocycles. The van der Waals surface area contributed by atoms with E-state index < -0.39 is 0 Å². The molecule has 0 saturated carbocycles. The molecule has 3 nitrogen and oxygen atoms in total. The van der Waals surface area contributed by atoms with E-state index in [1.165, 1.54) is 6.07 Å². The molecular formula is C13H19FN2O. The van der Waals surface area contributed by atoms with Gasteiger partial charge in [0.2, 0.25) is 0 Å². The molecule has 1 aliphatic rings. The maximum Gasteiger partial charge on any atom is 0.146 e. The topological polar surface area (TPSA) is 26.7 Å². The van der Waals surface area contributed by atoms with E-state index >= 15 is 0 Å². The third-order valence-corrected chi connectivity index (χ3v) is 3.36. The Morgan fingerprint density at radius 1 is 1.41 bits per heavy atom. The number of anilines is 1. The van der Waals surface area contributed by atoms with Gasteiger partial charge in [-0.1, -0.05) is 12.1 Å². The minimum absolute atomic E-state index is 0.119. The van der Waals surface area contributed by atoms with Crippen molar-refractivity contribution in [2.45, 2.75) is 19.6 Å². The maximum absolute atomic E-state index is 13.9. The number of likely N-dealkylation sites (N-methyl/N-ethyl adjacent to an activating group) is 1. The summed E-state index contributed by atoms with van der Waals surface area (Å²) in [5.41, 5.74) is 1.23. The molecule has 1 saturated heterocycles. The smallest absolute Gasteiger partial charge is 0.146 e. The van der Waals surface area contributed by atoms with Crippen molar-refractivity contribution in [3.8, 4) is 0 Å². The van der Waals surface area contributed by atoms with Crippen LogP contribution in [0.3, 0.4) is 0 Å². The Morgan fingerprint density at radius 3 is 2.82 bits per heavy atom. The van der Waals surface area contributed by atoms with Crippen LogP contribution in [0.4, 0.5) is 10.1 Å². The second-order valence-electron chi connectivity index (χ2n) is 4.71. The molecule has 0 aliphatic carbocycles. The first-order valence-corrected chi connectivity index (χ1v) is 5.97. The molecule has 0 radical (unpaired) electrons. The Kier molecular flexibility index (Phi) is 3.64. The summed E-state index contributed by atoms with van der Waals surface area (Å²) in [7, 11) is 2.07. The number of aliphatic hydroxyl groups is 1. The molecule has 0 bridgehead atoms. The normalized spacial score (nSPS) is 21.9. The largest absolute Gasteiger partial charge is 0.392 e. The van der Waals surface area contributed by atoms with Gasteiger partial charge in [0.05, 0.1) is 12.3 Å². The zero-order valence-corrected chi connectivity index (χ0v) is 10.4. The van der Waals surface area contributed by atoms with Crippen LogP contribution in [0.5, 0.6) is 0 Å². The lowest BCUT2D eigenvalue weighted by Gasteiger charge is -2.40. The molecule has 17 heavy (non-hydrogen) atoms. The van der Waals surface area contributed by atoms with E-state index in [-0.39, 0.29) is 18.5 Å². The number of rotatable bonds is 2. The molecule has 1 fully saturated rings. The van der Waals surface area contributed by atoms with E-state index in [4.69, 9.17) is 0 Å². The lowest BCUT2D eigenvalue weighted by atomic mass is 10.1. The summed E-state index contributed by atoms with van der Waals surface area (Å²) in [4.78, 5) is 4.29. The van der Waals surface area contributed by atoms with Gasteiger partial charge >= 0.3 is 0 Å². The summed E-state index contributed by atoms with van der Waals surface area (Å²) in [5, 5.41) is 9.31. The van der Waals surface area contributed by atoms with Crippen LogP contribution in [0.2, 0.25) is 0 Å². The van der Waals surface area contributed by atoms with Crippen LogP contribution in [0, 0.1) is 5.82 Å². The van der Waals surface area contributed by atoms with E-state index in [2.05, 4.69) is 23.8 Å². The molecule has 1 heterocycles. The molecule has 94 valence electrons. The third-order valence-electron chi connectivity index (χ3n) is 3.36. The lowest BCUT2D eigenvalue weighted by Crippen LogP contribution is -2.51. The van der Waals surface area contributed by atoms with Gasteiger partial charge in [-0.2, -0.15) is 0 Å². The standard InChI is InChI=1S/C13H19FN2O/c1-10-8-15(2)6-7-16(10)13-11(9-17)4-3-5-12(13)14/h3-5,10,17H,6-9H2,1-2H3. The molecule has 2 rings (SSSR count). The molecule has 1 N–H and O–H groups in total. The zero-order valence-electron chi connectivity index (χ0n) is 10.4. The molecule has 1 aliphatic heterocycles. The van der Waals surface area contributed by atoms with Crippen molar-refractivity contribution in [3.05, 3.63) is 29.6 Å². The Hall–Kier alpha value is -1.13. The van der Waals surface area contributed by atoms with Gasteiger partial charge < -0.3 is 14.9 Å². The van der Waals surface area contributed by atoms with Gasteiger partial charge in [-0.25, -0.2) is 4.39 Å². The van der Waals surface area contributed by atoms with Crippen LogP contribution >= 0.6 is 0 Å². The zero-order chi connectivity index (χ0) is 12.4. The Morgan fingerprint density at radius 2 is 2.18 bits per heavy atom. The highest BCUT2D eigenvalue weighted by molar-refractivity contribution is 5.55. The average molecular weight is 238 g/mol. The number of halogens is 1. The number of nitrogens with zero attached hydrogens (tertiary/aromatic N) is 2. The predicted octanol–water partition coefficient (Wildman–Crippen LogP) is 1.46. The van der Waals surface area contributed by atoms with E-state index in [0.29, 0.717) is 11.3 Å². The van der Waals surface area contributed by atoms with E-state index in [1.807, 2.05) is 0 Å². The Balaban J connectivity index is 2.33. The van der Waals surface area contributed by atoms with Crippen molar-refractivity contribution in [2.75, 3.05) is 31.6 Å². The van der Waals surface area contributed by atoms with Crippen LogP contribution in [0.25, 0.3) is 0 Å². The minimum atomic E-state index is -0.243. The van der Waals surface area contributed by atoms with Crippen molar-refractivity contribution in [2.24, 2.45) is 0 Å². The predicted molar refractivity (Wildman–Crippen MR) is 66.6 cm³/mol. The highest BCUT2D eigenvalue weighted by Crippen LogP contribution is 2.27. The summed E-state index contributed by atoms with van der Waals surface area (Å²) >= 11 is 0. The van der Waals surface area contributed by atoms with Crippen LogP contribution in [0.15, 0.2) is 18.2 Å². The number of benzene rings is 1. The van der Waals surface area contributed by atoms with Crippen molar-refractivity contribution in [1.82, 2.24) is 4.90 Å². The SMILES string of the molecule is CC1CN(C)CCN1c1c(F)cccc1CO. The quantitative estimate of drug-likeness (QED) is 0.845. The van der Waals surface area contributed by atoms with Crippen molar-refractivity contribution < 1.29 is 9.50 Å². The number of hydrogen-bond donors (Lipinski definition) is 1. The highest BCUT2D eigenvalue weighted by atomic mass is 19.1. The number of hydrogen-bond acceptors (Lipinski definition) is 3.